The molecule has 0 aliphatic heterocycles. The van der Waals surface area contributed by atoms with Crippen LogP contribution in [-0.4, -0.2) is 19.4 Å². The molecule has 2 N–H and O–H groups in total. The third kappa shape index (κ3) is 1.59. The molecule has 0 saturated heterocycles. The first kappa shape index (κ1) is 11.1. The number of nitrogens with two attached hydrogens (primary N) is 1. The number of Topliss-reactive ketones (excluding diaryl/α,β-unsaturated/α-hetero) is 1. The lowest BCUT2D eigenvalue weighted by molar-refractivity contribution is 0.0900. The van der Waals surface area contributed by atoms with Crippen LogP contribution in [0.15, 0.2) is 18.2 Å². The van der Waals surface area contributed by atoms with Crippen molar-refractivity contribution in [2.45, 2.75) is 12.8 Å². The van der Waals surface area contributed by atoms with E-state index in [0.29, 0.717) is 0 Å². The summed E-state index contributed by atoms with van der Waals surface area (Å²) in [5.41, 5.74) is 5.12. The Balaban J connectivity index is 2.37. The van der Waals surface area contributed by atoms with Crippen molar-refractivity contribution in [3.63, 3.8) is 0 Å². The zero-order valence-corrected chi connectivity index (χ0v) is 9.13. The van der Waals surface area contributed by atoms with Gasteiger partial charge in [0.05, 0.1) is 12.7 Å². The van der Waals surface area contributed by atoms with Gasteiger partial charge in [0.1, 0.15) is 0 Å². The van der Waals surface area contributed by atoms with Gasteiger partial charge in [-0.1, -0.05) is 6.07 Å². The van der Waals surface area contributed by atoms with Crippen LogP contribution in [0.2, 0.25) is 0 Å². The van der Waals surface area contributed by atoms with Crippen molar-refractivity contribution in [2.24, 2.45) is 11.1 Å². The molecule has 0 radical (unpaired) electrons. The molecular weight excluding hydrogens is 209 g/mol. The maximum absolute atomic E-state index is 13.8. The lowest BCUT2D eigenvalue weighted by Gasteiger charge is -2.12. The SMILES string of the molecule is COc1cccc(C(=O)C2(CN)CC2)c1F. The predicted molar refractivity (Wildman–Crippen MR) is 58.0 cm³/mol. The standard InChI is InChI=1S/C12H14FNO2/c1-16-9-4-2-3-8(10(9)13)11(15)12(7-14)5-6-12/h2-4H,5-7,14H2,1H3. The van der Waals surface area contributed by atoms with E-state index in [1.54, 1.807) is 6.07 Å². The summed E-state index contributed by atoms with van der Waals surface area (Å²) in [4.78, 5) is 12.1. The van der Waals surface area contributed by atoms with Gasteiger partial charge in [-0.3, -0.25) is 4.79 Å². The molecular formula is C12H14FNO2. The fourth-order valence-electron chi connectivity index (χ4n) is 1.80. The largest absolute Gasteiger partial charge is 0.494 e. The van der Waals surface area contributed by atoms with Crippen LogP contribution < -0.4 is 10.5 Å². The molecule has 4 heteroatoms. The number of hydrogen-bond donors (Lipinski definition) is 1. The molecule has 1 aliphatic carbocycles. The molecule has 1 fully saturated rings. The number of rotatable bonds is 4. The van der Waals surface area contributed by atoms with Gasteiger partial charge in [-0.2, -0.15) is 0 Å². The fraction of sp³-hybridized carbons (Fsp3) is 0.417. The average Bonchev–Trinajstić information content (AvgIpc) is 3.09. The second-order valence-corrected chi connectivity index (χ2v) is 4.14. The molecule has 3 nitrogen and oxygen atoms in total. The number of carbonyl (C=O) groups is 1. The van der Waals surface area contributed by atoms with Crippen molar-refractivity contribution in [2.75, 3.05) is 13.7 Å². The van der Waals surface area contributed by atoms with E-state index in [9.17, 15) is 9.18 Å². The minimum Gasteiger partial charge on any atom is -0.494 e. The van der Waals surface area contributed by atoms with Gasteiger partial charge in [0.2, 0.25) is 0 Å². The molecule has 0 aromatic heterocycles. The molecule has 2 rings (SSSR count). The van der Waals surface area contributed by atoms with Crippen molar-refractivity contribution < 1.29 is 13.9 Å². The van der Waals surface area contributed by atoms with Crippen LogP contribution in [0.5, 0.6) is 5.75 Å². The van der Waals surface area contributed by atoms with Gasteiger partial charge in [0.25, 0.3) is 0 Å². The monoisotopic (exact) mass is 223 g/mol. The van der Waals surface area contributed by atoms with Crippen LogP contribution in [0.3, 0.4) is 0 Å². The van der Waals surface area contributed by atoms with E-state index in [1.165, 1.54) is 19.2 Å². The molecule has 16 heavy (non-hydrogen) atoms. The molecule has 86 valence electrons. The summed E-state index contributed by atoms with van der Waals surface area (Å²) in [5, 5.41) is 0. The molecule has 0 heterocycles. The summed E-state index contributed by atoms with van der Waals surface area (Å²) in [6.07, 6.45) is 1.50. The van der Waals surface area contributed by atoms with Crippen LogP contribution in [0.1, 0.15) is 23.2 Å². The Labute approximate surface area is 93.4 Å². The summed E-state index contributed by atoms with van der Waals surface area (Å²) < 4.78 is 18.7. The minimum absolute atomic E-state index is 0.0855. The van der Waals surface area contributed by atoms with Crippen molar-refractivity contribution in [3.05, 3.63) is 29.6 Å². The van der Waals surface area contributed by atoms with Crippen LogP contribution >= 0.6 is 0 Å². The highest BCUT2D eigenvalue weighted by Crippen LogP contribution is 2.47. The fourth-order valence-corrected chi connectivity index (χ4v) is 1.80. The molecule has 1 aromatic rings. The van der Waals surface area contributed by atoms with Crippen LogP contribution in [0.4, 0.5) is 4.39 Å². The molecule has 1 saturated carbocycles. The van der Waals surface area contributed by atoms with Gasteiger partial charge >= 0.3 is 0 Å². The second-order valence-electron chi connectivity index (χ2n) is 4.14. The highest BCUT2D eigenvalue weighted by Gasteiger charge is 2.49. The number of ether oxygens (including phenoxy) is 1. The van der Waals surface area contributed by atoms with E-state index in [1.807, 2.05) is 0 Å². The summed E-state index contributed by atoms with van der Waals surface area (Å²) >= 11 is 0. The molecule has 1 aromatic carbocycles. The van der Waals surface area contributed by atoms with E-state index < -0.39 is 11.2 Å². The highest BCUT2D eigenvalue weighted by atomic mass is 19.1. The summed E-state index contributed by atoms with van der Waals surface area (Å²) in [6, 6.07) is 4.59. The first-order valence-corrected chi connectivity index (χ1v) is 5.22. The second kappa shape index (κ2) is 3.87. The third-order valence-corrected chi connectivity index (χ3v) is 3.15. The number of benzene rings is 1. The van der Waals surface area contributed by atoms with Crippen molar-refractivity contribution in [1.29, 1.82) is 0 Å². The number of methoxy groups -OCH3 is 1. The van der Waals surface area contributed by atoms with Gasteiger partial charge < -0.3 is 10.5 Å². The first-order valence-electron chi connectivity index (χ1n) is 5.22. The summed E-state index contributed by atoms with van der Waals surface area (Å²) in [5.74, 6) is -0.695. The van der Waals surface area contributed by atoms with Gasteiger partial charge in [-0.05, 0) is 25.0 Å². The van der Waals surface area contributed by atoms with E-state index >= 15 is 0 Å². The van der Waals surface area contributed by atoms with Crippen molar-refractivity contribution >= 4 is 5.78 Å². The van der Waals surface area contributed by atoms with Gasteiger partial charge in [0.15, 0.2) is 17.3 Å². The molecule has 0 bridgehead atoms. The smallest absolute Gasteiger partial charge is 0.175 e. The van der Waals surface area contributed by atoms with Gasteiger partial charge in [-0.15, -0.1) is 0 Å². The van der Waals surface area contributed by atoms with E-state index in [2.05, 4.69) is 0 Å². The summed E-state index contributed by atoms with van der Waals surface area (Å²) in [7, 11) is 1.38. The molecule has 0 atom stereocenters. The maximum atomic E-state index is 13.8. The zero-order chi connectivity index (χ0) is 11.8. The quantitative estimate of drug-likeness (QED) is 0.791. The number of halogens is 1. The lowest BCUT2D eigenvalue weighted by Crippen LogP contribution is -2.26. The Hall–Kier alpha value is -1.42. The van der Waals surface area contributed by atoms with Crippen LogP contribution in [-0.2, 0) is 0 Å². The maximum Gasteiger partial charge on any atom is 0.175 e. The van der Waals surface area contributed by atoms with Gasteiger partial charge in [-0.25, -0.2) is 4.39 Å². The number of hydrogen-bond acceptors (Lipinski definition) is 3. The first-order chi connectivity index (χ1) is 7.64. The topological polar surface area (TPSA) is 52.3 Å². The van der Waals surface area contributed by atoms with E-state index in [0.717, 1.165) is 12.8 Å². The normalized spacial score (nSPS) is 16.9. The van der Waals surface area contributed by atoms with Crippen molar-refractivity contribution in [1.82, 2.24) is 0 Å². The zero-order valence-electron chi connectivity index (χ0n) is 9.13. The van der Waals surface area contributed by atoms with Gasteiger partial charge in [0, 0.05) is 12.0 Å². The Morgan fingerprint density at radius 3 is 2.75 bits per heavy atom. The molecule has 1 aliphatic rings. The Morgan fingerprint density at radius 2 is 2.25 bits per heavy atom. The Morgan fingerprint density at radius 1 is 1.56 bits per heavy atom. The molecule has 0 amide bonds. The Bertz CT molecular complexity index is 427. The predicted octanol–water partition coefficient (Wildman–Crippen LogP) is 1.76. The number of ketones is 1. The minimum atomic E-state index is -0.588. The molecule has 0 unspecified atom stereocenters. The van der Waals surface area contributed by atoms with Crippen LogP contribution in [0.25, 0.3) is 0 Å². The molecule has 0 spiro atoms. The third-order valence-electron chi connectivity index (χ3n) is 3.15. The Kier molecular flexibility index (Phi) is 2.68. The number of carbonyl (C=O) groups excluding carboxylic acids is 1. The summed E-state index contributed by atoms with van der Waals surface area (Å²) in [6.45, 7) is 0.280. The van der Waals surface area contributed by atoms with Crippen molar-refractivity contribution in [3.8, 4) is 5.75 Å². The highest BCUT2D eigenvalue weighted by molar-refractivity contribution is 6.03. The lowest BCUT2D eigenvalue weighted by atomic mass is 9.94. The van der Waals surface area contributed by atoms with E-state index in [4.69, 9.17) is 10.5 Å². The van der Waals surface area contributed by atoms with Crippen LogP contribution in [0, 0.1) is 11.2 Å². The average molecular weight is 223 g/mol. The van der Waals surface area contributed by atoms with E-state index in [-0.39, 0.29) is 23.6 Å².